The zero-order valence-electron chi connectivity index (χ0n) is 22.4. The molecule has 1 aliphatic rings. The van der Waals surface area contributed by atoms with Gasteiger partial charge in [0.15, 0.2) is 5.82 Å². The number of likely N-dealkylation sites (N-methyl/N-ethyl adjacent to an activating group) is 2. The fraction of sp³-hybridized carbons (Fsp3) is 0.296. The number of aryl methyl sites for hydroxylation is 1. The Morgan fingerprint density at radius 1 is 1.24 bits per heavy atom. The number of aromatic nitrogens is 5. The summed E-state index contributed by atoms with van der Waals surface area (Å²) in [5.41, 5.74) is 4.90. The molecule has 1 aliphatic carbocycles. The van der Waals surface area contributed by atoms with Gasteiger partial charge in [0.25, 0.3) is 0 Å². The van der Waals surface area contributed by atoms with E-state index < -0.39 is 0 Å². The SMILES string of the molecule is C=CC(=O)NC1=C(N(C)CCN(C)C)C=C(OC)C(Nc2ncnc(-c3cnc4c(C)cccn34)n2)=CC1. The highest BCUT2D eigenvalue weighted by atomic mass is 16.5. The smallest absolute Gasteiger partial charge is 0.247 e. The van der Waals surface area contributed by atoms with Crippen LogP contribution in [0.15, 0.2) is 78.5 Å². The minimum atomic E-state index is -0.277. The molecule has 3 aromatic rings. The summed E-state index contributed by atoms with van der Waals surface area (Å²) in [5.74, 6) is 1.14. The quantitative estimate of drug-likeness (QED) is 0.394. The fourth-order valence-electron chi connectivity index (χ4n) is 4.02. The van der Waals surface area contributed by atoms with Crippen LogP contribution in [0.25, 0.3) is 17.2 Å². The number of fused-ring (bicyclic) bond motifs is 1. The van der Waals surface area contributed by atoms with Crippen LogP contribution in [-0.4, -0.2) is 81.4 Å². The van der Waals surface area contributed by atoms with E-state index in [9.17, 15) is 4.79 Å². The van der Waals surface area contributed by atoms with Gasteiger partial charge in [-0.15, -0.1) is 0 Å². The van der Waals surface area contributed by atoms with Crippen LogP contribution in [0.4, 0.5) is 5.95 Å². The average Bonchev–Trinajstić information content (AvgIpc) is 3.28. The number of methoxy groups -OCH3 is 1. The minimum absolute atomic E-state index is 0.277. The summed E-state index contributed by atoms with van der Waals surface area (Å²) in [7, 11) is 7.63. The maximum atomic E-state index is 12.2. The number of amides is 1. The second-order valence-corrected chi connectivity index (χ2v) is 9.10. The Hall–Kier alpha value is -4.51. The molecule has 4 rings (SSSR count). The summed E-state index contributed by atoms with van der Waals surface area (Å²) >= 11 is 0. The van der Waals surface area contributed by atoms with Crippen molar-refractivity contribution in [3.63, 3.8) is 0 Å². The number of hydrogen-bond acceptors (Lipinski definition) is 9. The van der Waals surface area contributed by atoms with Crippen LogP contribution in [0.2, 0.25) is 0 Å². The van der Waals surface area contributed by atoms with Gasteiger partial charge in [0.2, 0.25) is 11.9 Å². The first kappa shape index (κ1) is 26.6. The number of anilines is 1. The molecule has 0 aromatic carbocycles. The number of nitrogens with one attached hydrogen (secondary N) is 2. The van der Waals surface area contributed by atoms with E-state index in [2.05, 4.69) is 46.9 Å². The minimum Gasteiger partial charge on any atom is -0.495 e. The molecule has 1 amide bonds. The number of rotatable bonds is 10. The lowest BCUT2D eigenvalue weighted by atomic mass is 10.2. The van der Waals surface area contributed by atoms with E-state index in [1.54, 1.807) is 13.3 Å². The van der Waals surface area contributed by atoms with E-state index in [1.165, 1.54) is 12.4 Å². The first-order valence-electron chi connectivity index (χ1n) is 12.2. The number of nitrogens with zero attached hydrogens (tertiary/aromatic N) is 7. The number of carbonyl (C=O) groups is 1. The van der Waals surface area contributed by atoms with E-state index in [0.717, 1.165) is 41.4 Å². The maximum Gasteiger partial charge on any atom is 0.247 e. The molecule has 0 spiro atoms. The first-order chi connectivity index (χ1) is 18.3. The average molecular weight is 516 g/mol. The van der Waals surface area contributed by atoms with Gasteiger partial charge in [-0.25, -0.2) is 15.0 Å². The van der Waals surface area contributed by atoms with Crippen molar-refractivity contribution in [2.24, 2.45) is 0 Å². The Bertz CT molecular complexity index is 1440. The largest absolute Gasteiger partial charge is 0.495 e. The summed E-state index contributed by atoms with van der Waals surface area (Å²) in [6, 6.07) is 3.97. The van der Waals surface area contributed by atoms with E-state index in [1.807, 2.05) is 62.9 Å². The van der Waals surface area contributed by atoms with Crippen molar-refractivity contribution in [2.45, 2.75) is 13.3 Å². The van der Waals surface area contributed by atoms with Crippen molar-refractivity contribution in [3.05, 3.63) is 84.1 Å². The molecule has 3 heterocycles. The molecule has 11 nitrogen and oxygen atoms in total. The molecule has 0 saturated carbocycles. The lowest BCUT2D eigenvalue weighted by Crippen LogP contribution is -2.31. The third-order valence-corrected chi connectivity index (χ3v) is 6.10. The van der Waals surface area contributed by atoms with Gasteiger partial charge in [0.1, 0.15) is 23.4 Å². The summed E-state index contributed by atoms with van der Waals surface area (Å²) in [5, 5.41) is 6.22. The fourth-order valence-corrected chi connectivity index (χ4v) is 4.02. The Balaban J connectivity index is 1.65. The Kier molecular flexibility index (Phi) is 8.17. The molecule has 198 valence electrons. The van der Waals surface area contributed by atoms with Crippen molar-refractivity contribution in [1.29, 1.82) is 0 Å². The molecule has 38 heavy (non-hydrogen) atoms. The molecule has 11 heteroatoms. The zero-order chi connectivity index (χ0) is 27.2. The summed E-state index contributed by atoms with van der Waals surface area (Å²) in [6.07, 6.45) is 10.7. The molecule has 2 N–H and O–H groups in total. The highest BCUT2D eigenvalue weighted by Gasteiger charge is 2.20. The van der Waals surface area contributed by atoms with E-state index in [0.29, 0.717) is 29.6 Å². The van der Waals surface area contributed by atoms with Crippen LogP contribution in [0.5, 0.6) is 0 Å². The van der Waals surface area contributed by atoms with Crippen molar-refractivity contribution in [1.82, 2.24) is 39.5 Å². The van der Waals surface area contributed by atoms with Gasteiger partial charge in [-0.2, -0.15) is 4.98 Å². The van der Waals surface area contributed by atoms with E-state index >= 15 is 0 Å². The molecular weight excluding hydrogens is 482 g/mol. The van der Waals surface area contributed by atoms with Gasteiger partial charge >= 0.3 is 0 Å². The second kappa shape index (κ2) is 11.7. The molecule has 3 aromatic heterocycles. The van der Waals surface area contributed by atoms with Gasteiger partial charge < -0.3 is 25.2 Å². The van der Waals surface area contributed by atoms with Gasteiger partial charge in [-0.1, -0.05) is 18.7 Å². The van der Waals surface area contributed by atoms with Crippen molar-refractivity contribution in [3.8, 4) is 11.5 Å². The summed E-state index contributed by atoms with van der Waals surface area (Å²) < 4.78 is 7.71. The third-order valence-electron chi connectivity index (χ3n) is 6.10. The predicted molar refractivity (Wildman–Crippen MR) is 147 cm³/mol. The van der Waals surface area contributed by atoms with Crippen molar-refractivity contribution < 1.29 is 9.53 Å². The lowest BCUT2D eigenvalue weighted by Gasteiger charge is -2.25. The molecule has 0 unspecified atom stereocenters. The number of hydrogen-bond donors (Lipinski definition) is 2. The highest BCUT2D eigenvalue weighted by Crippen LogP contribution is 2.26. The number of imidazole rings is 1. The standard InChI is InChI=1S/C27H33N9O2/c1-7-24(37)31-19-10-11-20(23(38-6)15-21(19)35(5)14-13-34(3)4)32-27-30-17-29-25(33-27)22-16-28-26-18(2)9-8-12-36(22)26/h7-9,11-12,15-17H,1,10,13-14H2,2-6H3,(H,31,37)(H,29,30,32,33). The molecule has 0 radical (unpaired) electrons. The third kappa shape index (κ3) is 5.89. The summed E-state index contributed by atoms with van der Waals surface area (Å²) in [6.45, 7) is 7.18. The Morgan fingerprint density at radius 2 is 2.05 bits per heavy atom. The number of pyridine rings is 1. The van der Waals surface area contributed by atoms with Crippen LogP contribution in [-0.2, 0) is 9.53 Å². The van der Waals surface area contributed by atoms with Crippen LogP contribution in [0.1, 0.15) is 12.0 Å². The second-order valence-electron chi connectivity index (χ2n) is 9.10. The normalized spacial score (nSPS) is 13.6. The van der Waals surface area contributed by atoms with Crippen molar-refractivity contribution in [2.75, 3.05) is 46.7 Å². The lowest BCUT2D eigenvalue weighted by molar-refractivity contribution is -0.115. The maximum absolute atomic E-state index is 12.2. The van der Waals surface area contributed by atoms with Gasteiger partial charge in [-0.3, -0.25) is 9.20 Å². The van der Waals surface area contributed by atoms with Gasteiger partial charge in [0, 0.05) is 44.5 Å². The van der Waals surface area contributed by atoms with Crippen LogP contribution in [0.3, 0.4) is 0 Å². The monoisotopic (exact) mass is 515 g/mol. The van der Waals surface area contributed by atoms with E-state index in [4.69, 9.17) is 4.74 Å². The first-order valence-corrected chi connectivity index (χ1v) is 12.2. The number of ether oxygens (including phenoxy) is 1. The van der Waals surface area contributed by atoms with Gasteiger partial charge in [0.05, 0.1) is 24.7 Å². The molecule has 0 bridgehead atoms. The highest BCUT2D eigenvalue weighted by molar-refractivity contribution is 5.88. The number of carbonyl (C=O) groups excluding carboxylic acids is 1. The predicted octanol–water partition coefficient (Wildman–Crippen LogP) is 2.73. The Labute approximate surface area is 222 Å². The van der Waals surface area contributed by atoms with E-state index in [-0.39, 0.29) is 5.91 Å². The topological polar surface area (TPSA) is 113 Å². The number of allylic oxidation sites excluding steroid dienone is 2. The van der Waals surface area contributed by atoms with Crippen molar-refractivity contribution >= 4 is 17.5 Å². The molecule has 0 aliphatic heterocycles. The Morgan fingerprint density at radius 3 is 2.79 bits per heavy atom. The summed E-state index contributed by atoms with van der Waals surface area (Å²) in [4.78, 5) is 34.2. The molecular formula is C27H33N9O2. The van der Waals surface area contributed by atoms with Crippen LogP contribution in [0, 0.1) is 6.92 Å². The van der Waals surface area contributed by atoms with Crippen LogP contribution < -0.4 is 10.6 Å². The molecule has 0 atom stereocenters. The van der Waals surface area contributed by atoms with Gasteiger partial charge in [-0.05, 0) is 38.7 Å². The zero-order valence-corrected chi connectivity index (χ0v) is 22.4. The van der Waals surface area contributed by atoms with Crippen LogP contribution >= 0.6 is 0 Å². The molecule has 0 saturated heterocycles. The molecule has 0 fully saturated rings.